The van der Waals surface area contributed by atoms with Gasteiger partial charge < -0.3 is 9.13 Å². The number of fused-ring (bicyclic) bond motifs is 16. The van der Waals surface area contributed by atoms with Crippen molar-refractivity contribution in [2.75, 3.05) is 0 Å². The lowest BCUT2D eigenvalue weighted by atomic mass is 10.0. The molecule has 5 aromatic carbocycles. The van der Waals surface area contributed by atoms with Crippen molar-refractivity contribution < 1.29 is 0 Å². The van der Waals surface area contributed by atoms with Crippen LogP contribution in [0.1, 0.15) is 0 Å². The first kappa shape index (κ1) is 24.8. The van der Waals surface area contributed by atoms with Crippen LogP contribution >= 0.6 is 0 Å². The van der Waals surface area contributed by atoms with Crippen LogP contribution < -0.4 is 0 Å². The molecule has 11 rings (SSSR count). The minimum Gasteiger partial charge on any atom is -0.309 e. The minimum atomic E-state index is 0.865. The summed E-state index contributed by atoms with van der Waals surface area (Å²) in [5.74, 6) is 0. The summed E-state index contributed by atoms with van der Waals surface area (Å²) in [7, 11) is 0. The Kier molecular flexibility index (Phi) is 4.75. The van der Waals surface area contributed by atoms with Crippen LogP contribution in [0.5, 0.6) is 0 Å². The van der Waals surface area contributed by atoms with Gasteiger partial charge in [0.25, 0.3) is 0 Å². The lowest BCUT2D eigenvalue weighted by molar-refractivity contribution is 1.18. The Labute approximate surface area is 267 Å². The molecule has 6 nitrogen and oxygen atoms in total. The minimum absolute atomic E-state index is 0.865. The van der Waals surface area contributed by atoms with Gasteiger partial charge in [0, 0.05) is 56.1 Å². The molecule has 0 N–H and O–H groups in total. The molecule has 0 unspecified atom stereocenters. The van der Waals surface area contributed by atoms with E-state index in [0.29, 0.717) is 0 Å². The highest BCUT2D eigenvalue weighted by molar-refractivity contribution is 6.32. The predicted octanol–water partition coefficient (Wildman–Crippen LogP) is 9.78. The van der Waals surface area contributed by atoms with E-state index in [4.69, 9.17) is 9.97 Å². The Morgan fingerprint density at radius 2 is 1.13 bits per heavy atom. The number of hydrogen-bond donors (Lipinski definition) is 0. The molecule has 0 aliphatic carbocycles. The van der Waals surface area contributed by atoms with Crippen LogP contribution in [0.15, 0.2) is 146 Å². The number of aromatic nitrogens is 6. The summed E-state index contributed by atoms with van der Waals surface area (Å²) in [6.07, 6.45) is 5.57. The Bertz CT molecular complexity index is 3060. The number of hydrogen-bond acceptors (Lipinski definition) is 3. The van der Waals surface area contributed by atoms with E-state index in [1.807, 2.05) is 30.7 Å². The summed E-state index contributed by atoms with van der Waals surface area (Å²) in [5.41, 5.74) is 11.7. The maximum atomic E-state index is 5.14. The van der Waals surface area contributed by atoms with Crippen LogP contribution in [0.2, 0.25) is 0 Å². The van der Waals surface area contributed by atoms with Gasteiger partial charge in [0.1, 0.15) is 11.2 Å². The third kappa shape index (κ3) is 3.16. The molecule has 0 radical (unpaired) electrons. The van der Waals surface area contributed by atoms with Gasteiger partial charge in [0.15, 0.2) is 0 Å². The molecule has 0 saturated carbocycles. The second kappa shape index (κ2) is 9.02. The smallest absolute Gasteiger partial charge is 0.146 e. The second-order valence-electron chi connectivity index (χ2n) is 12.1. The normalized spacial score (nSPS) is 12.3. The lowest BCUT2D eigenvalue weighted by Gasteiger charge is -2.13. The van der Waals surface area contributed by atoms with E-state index >= 15 is 0 Å². The van der Waals surface area contributed by atoms with Crippen molar-refractivity contribution in [3.05, 3.63) is 146 Å². The summed E-state index contributed by atoms with van der Waals surface area (Å²) in [6.45, 7) is 0. The largest absolute Gasteiger partial charge is 0.309 e. The molecular formula is C41H24N6. The van der Waals surface area contributed by atoms with E-state index in [-0.39, 0.29) is 0 Å². The topological polar surface area (TPSA) is 52.9 Å². The standard InChI is InChI=1S/C41H24N6/c1-3-10-25(11-4-1)45-32-15-8-7-14-29(32)36-34(45)20-19-28-27-17-18-30-37(40(27)46(39(28)36)26-12-5-2-6-13-26)38-35(16-9-22-43-38)47-33-21-23-42-24-31(33)44-41(30)47/h1-24H. The lowest BCUT2D eigenvalue weighted by Crippen LogP contribution is -1.98. The monoisotopic (exact) mass is 600 g/mol. The Morgan fingerprint density at radius 1 is 0.447 bits per heavy atom. The zero-order chi connectivity index (χ0) is 30.6. The van der Waals surface area contributed by atoms with Gasteiger partial charge in [-0.2, -0.15) is 0 Å². The van der Waals surface area contributed by atoms with Crippen LogP contribution in [-0.4, -0.2) is 28.5 Å². The molecule has 0 amide bonds. The Hall–Kier alpha value is -6.53. The quantitative estimate of drug-likeness (QED) is 0.186. The van der Waals surface area contributed by atoms with Gasteiger partial charge in [0.05, 0.1) is 44.8 Å². The first-order valence-electron chi connectivity index (χ1n) is 15.8. The molecule has 0 aliphatic rings. The maximum absolute atomic E-state index is 5.14. The Balaban J connectivity index is 1.44. The Morgan fingerprint density at radius 3 is 1.96 bits per heavy atom. The summed E-state index contributed by atoms with van der Waals surface area (Å²) >= 11 is 0. The number of pyridine rings is 3. The van der Waals surface area contributed by atoms with Crippen molar-refractivity contribution in [1.82, 2.24) is 28.5 Å². The van der Waals surface area contributed by atoms with E-state index in [1.165, 1.54) is 38.1 Å². The molecule has 0 bridgehead atoms. The van der Waals surface area contributed by atoms with E-state index < -0.39 is 0 Å². The van der Waals surface area contributed by atoms with E-state index in [1.54, 1.807) is 0 Å². The van der Waals surface area contributed by atoms with Crippen LogP contribution in [0.25, 0.3) is 93.5 Å². The highest BCUT2D eigenvalue weighted by Crippen LogP contribution is 2.45. The third-order valence-electron chi connectivity index (χ3n) is 9.72. The van der Waals surface area contributed by atoms with Crippen LogP contribution in [0, 0.1) is 0 Å². The number of nitrogens with zero attached hydrogens (tertiary/aromatic N) is 6. The summed E-state index contributed by atoms with van der Waals surface area (Å²) in [6, 6.07) is 45.4. The average molecular weight is 601 g/mol. The first-order chi connectivity index (χ1) is 23.4. The number of benzene rings is 5. The third-order valence-corrected chi connectivity index (χ3v) is 9.72. The van der Waals surface area contributed by atoms with Crippen LogP contribution in [0.3, 0.4) is 0 Å². The molecule has 6 aromatic heterocycles. The molecule has 0 saturated heterocycles. The fraction of sp³-hybridized carbons (Fsp3) is 0. The van der Waals surface area contributed by atoms with Crippen molar-refractivity contribution in [2.24, 2.45) is 0 Å². The van der Waals surface area contributed by atoms with Crippen molar-refractivity contribution in [3.63, 3.8) is 0 Å². The summed E-state index contributed by atoms with van der Waals surface area (Å²) in [5, 5.41) is 6.99. The second-order valence-corrected chi connectivity index (χ2v) is 12.1. The van der Waals surface area contributed by atoms with Gasteiger partial charge in [0.2, 0.25) is 0 Å². The zero-order valence-electron chi connectivity index (χ0n) is 25.0. The molecule has 0 atom stereocenters. The molecule has 0 spiro atoms. The van der Waals surface area contributed by atoms with E-state index in [9.17, 15) is 0 Å². The molecule has 6 heterocycles. The number of para-hydroxylation sites is 3. The van der Waals surface area contributed by atoms with Gasteiger partial charge in [-0.1, -0.05) is 66.7 Å². The van der Waals surface area contributed by atoms with Crippen molar-refractivity contribution >= 4 is 82.1 Å². The average Bonchev–Trinajstić information content (AvgIpc) is 3.80. The van der Waals surface area contributed by atoms with Crippen LogP contribution in [0.4, 0.5) is 0 Å². The van der Waals surface area contributed by atoms with Gasteiger partial charge in [-0.05, 0) is 60.7 Å². The molecule has 0 aliphatic heterocycles. The fourth-order valence-corrected chi connectivity index (χ4v) is 7.89. The summed E-state index contributed by atoms with van der Waals surface area (Å²) < 4.78 is 7.08. The van der Waals surface area contributed by atoms with Crippen molar-refractivity contribution in [2.45, 2.75) is 0 Å². The number of imidazole rings is 1. The van der Waals surface area contributed by atoms with Crippen LogP contribution in [-0.2, 0) is 0 Å². The van der Waals surface area contributed by atoms with Crippen molar-refractivity contribution in [1.29, 1.82) is 0 Å². The highest BCUT2D eigenvalue weighted by Gasteiger charge is 2.24. The summed E-state index contributed by atoms with van der Waals surface area (Å²) in [4.78, 5) is 14.6. The molecule has 6 heteroatoms. The maximum Gasteiger partial charge on any atom is 0.146 e. The van der Waals surface area contributed by atoms with Gasteiger partial charge in [-0.25, -0.2) is 4.98 Å². The molecule has 218 valence electrons. The predicted molar refractivity (Wildman–Crippen MR) is 192 cm³/mol. The highest BCUT2D eigenvalue weighted by atomic mass is 15.0. The molecule has 47 heavy (non-hydrogen) atoms. The molecular weight excluding hydrogens is 576 g/mol. The van der Waals surface area contributed by atoms with Gasteiger partial charge >= 0.3 is 0 Å². The van der Waals surface area contributed by atoms with Gasteiger partial charge in [-0.3, -0.25) is 14.4 Å². The van der Waals surface area contributed by atoms with Gasteiger partial charge in [-0.15, -0.1) is 0 Å². The zero-order valence-corrected chi connectivity index (χ0v) is 25.0. The molecule has 0 fully saturated rings. The van der Waals surface area contributed by atoms with Crippen molar-refractivity contribution in [3.8, 4) is 11.4 Å². The van der Waals surface area contributed by atoms with E-state index in [2.05, 4.69) is 134 Å². The first-order valence-corrected chi connectivity index (χ1v) is 15.8. The van der Waals surface area contributed by atoms with E-state index in [0.717, 1.165) is 55.4 Å². The fourth-order valence-electron chi connectivity index (χ4n) is 7.89. The SMILES string of the molecule is c1ccc(-n2c3ccccc3c3c2ccc2c4ccc5c(c6ncccc6n6c7ccncc7nc56)c4n(-c4ccccc4)c23)cc1. The number of rotatable bonds is 2. The molecule has 11 aromatic rings.